The summed E-state index contributed by atoms with van der Waals surface area (Å²) in [7, 11) is -3.64. The summed E-state index contributed by atoms with van der Waals surface area (Å²) < 4.78 is 33.3. The summed E-state index contributed by atoms with van der Waals surface area (Å²) in [5.74, 6) is 0.539. The van der Waals surface area contributed by atoms with Crippen LogP contribution in [0.15, 0.2) is 56.2 Å². The van der Waals surface area contributed by atoms with Gasteiger partial charge in [0.1, 0.15) is 5.52 Å². The van der Waals surface area contributed by atoms with Crippen molar-refractivity contribution in [1.82, 2.24) is 4.98 Å². The number of oxazole rings is 1. The fourth-order valence-corrected chi connectivity index (χ4v) is 3.60. The first kappa shape index (κ1) is 14.1. The molecule has 0 saturated carbocycles. The number of rotatable bonds is 3. The van der Waals surface area contributed by atoms with Crippen molar-refractivity contribution >= 4 is 42.7 Å². The number of anilines is 1. The lowest BCUT2D eigenvalue weighted by Gasteiger charge is -2.08. The minimum absolute atomic E-state index is 0.186. The number of benzene rings is 2. The number of fused-ring (bicyclic) bond motifs is 1. The molecule has 3 aromatic rings. The van der Waals surface area contributed by atoms with Crippen molar-refractivity contribution in [3.63, 3.8) is 0 Å². The van der Waals surface area contributed by atoms with Crippen LogP contribution in [-0.4, -0.2) is 13.4 Å². The van der Waals surface area contributed by atoms with Gasteiger partial charge in [-0.15, -0.1) is 0 Å². The van der Waals surface area contributed by atoms with Gasteiger partial charge >= 0.3 is 0 Å². The molecule has 1 heterocycles. The second kappa shape index (κ2) is 5.16. The fraction of sp³-hybridized carbons (Fsp3) is 0.0714. The Kier molecular flexibility index (Phi) is 3.46. The maximum Gasteiger partial charge on any atom is 0.261 e. The van der Waals surface area contributed by atoms with E-state index in [1.54, 1.807) is 43.3 Å². The van der Waals surface area contributed by atoms with Crippen LogP contribution in [0.1, 0.15) is 5.89 Å². The molecule has 0 fully saturated rings. The van der Waals surface area contributed by atoms with Gasteiger partial charge in [0.05, 0.1) is 10.6 Å². The van der Waals surface area contributed by atoms with E-state index in [-0.39, 0.29) is 4.90 Å². The van der Waals surface area contributed by atoms with Crippen LogP contribution in [0, 0.1) is 6.92 Å². The SMILES string of the molecule is Cc1nc2ccc(NS(=O)(=O)c3cccc(Br)c3)cc2o1. The highest BCUT2D eigenvalue weighted by Crippen LogP contribution is 2.23. The van der Waals surface area contributed by atoms with Crippen LogP contribution in [0.4, 0.5) is 5.69 Å². The van der Waals surface area contributed by atoms with Gasteiger partial charge in [-0.05, 0) is 30.3 Å². The van der Waals surface area contributed by atoms with Gasteiger partial charge < -0.3 is 4.42 Å². The Hall–Kier alpha value is -1.86. The molecule has 108 valence electrons. The van der Waals surface area contributed by atoms with Crippen LogP contribution < -0.4 is 4.72 Å². The van der Waals surface area contributed by atoms with E-state index in [4.69, 9.17) is 4.42 Å². The van der Waals surface area contributed by atoms with Crippen molar-refractivity contribution in [2.75, 3.05) is 4.72 Å². The van der Waals surface area contributed by atoms with Crippen molar-refractivity contribution in [2.45, 2.75) is 11.8 Å². The van der Waals surface area contributed by atoms with Gasteiger partial charge in [-0.2, -0.15) is 0 Å². The van der Waals surface area contributed by atoms with Crippen LogP contribution >= 0.6 is 15.9 Å². The Labute approximate surface area is 130 Å². The van der Waals surface area contributed by atoms with Crippen LogP contribution in [0.3, 0.4) is 0 Å². The van der Waals surface area contributed by atoms with Gasteiger partial charge in [0.2, 0.25) is 0 Å². The zero-order valence-corrected chi connectivity index (χ0v) is 13.4. The predicted molar refractivity (Wildman–Crippen MR) is 83.7 cm³/mol. The molecule has 2 aromatic carbocycles. The number of hydrogen-bond donors (Lipinski definition) is 1. The number of nitrogens with one attached hydrogen (secondary N) is 1. The second-order valence-corrected chi connectivity index (χ2v) is 7.08. The Bertz CT molecular complexity index is 919. The maximum atomic E-state index is 12.3. The lowest BCUT2D eigenvalue weighted by atomic mass is 10.3. The van der Waals surface area contributed by atoms with E-state index in [0.717, 1.165) is 0 Å². The minimum Gasteiger partial charge on any atom is -0.441 e. The molecule has 1 N–H and O–H groups in total. The summed E-state index contributed by atoms with van der Waals surface area (Å²) in [6.07, 6.45) is 0. The molecule has 1 aromatic heterocycles. The zero-order valence-electron chi connectivity index (χ0n) is 11.0. The van der Waals surface area contributed by atoms with Gasteiger partial charge in [0, 0.05) is 17.5 Å². The lowest BCUT2D eigenvalue weighted by Crippen LogP contribution is -2.12. The first-order valence-electron chi connectivity index (χ1n) is 6.10. The normalized spacial score (nSPS) is 11.7. The Morgan fingerprint density at radius 2 is 2.00 bits per heavy atom. The average Bonchev–Trinajstić information content (AvgIpc) is 2.77. The molecule has 3 rings (SSSR count). The number of halogens is 1. The third kappa shape index (κ3) is 2.93. The highest BCUT2D eigenvalue weighted by molar-refractivity contribution is 9.10. The number of nitrogens with zero attached hydrogens (tertiary/aromatic N) is 1. The molecule has 0 aliphatic rings. The molecule has 0 bridgehead atoms. The summed E-state index contributed by atoms with van der Waals surface area (Å²) >= 11 is 3.26. The van der Waals surface area contributed by atoms with Crippen LogP contribution in [-0.2, 0) is 10.0 Å². The van der Waals surface area contributed by atoms with Crippen molar-refractivity contribution in [3.8, 4) is 0 Å². The van der Waals surface area contributed by atoms with Crippen molar-refractivity contribution in [3.05, 3.63) is 52.8 Å². The van der Waals surface area contributed by atoms with Crippen LogP contribution in [0.5, 0.6) is 0 Å². The zero-order chi connectivity index (χ0) is 15.0. The second-order valence-electron chi connectivity index (χ2n) is 4.48. The average molecular weight is 367 g/mol. The van der Waals surface area contributed by atoms with E-state index in [2.05, 4.69) is 25.6 Å². The minimum atomic E-state index is -3.64. The molecule has 21 heavy (non-hydrogen) atoms. The summed E-state index contributed by atoms with van der Waals surface area (Å²) in [6.45, 7) is 1.74. The van der Waals surface area contributed by atoms with E-state index in [0.29, 0.717) is 27.2 Å². The standard InChI is InChI=1S/C14H11BrN2O3S/c1-9-16-13-6-5-11(8-14(13)20-9)17-21(18,19)12-4-2-3-10(15)7-12/h2-8,17H,1H3. The summed E-state index contributed by atoms with van der Waals surface area (Å²) in [5.41, 5.74) is 1.67. The quantitative estimate of drug-likeness (QED) is 0.766. The molecular formula is C14H11BrN2O3S. The summed E-state index contributed by atoms with van der Waals surface area (Å²) in [5, 5.41) is 0. The van der Waals surface area contributed by atoms with Crippen LogP contribution in [0.2, 0.25) is 0 Å². The Morgan fingerprint density at radius 1 is 1.19 bits per heavy atom. The highest BCUT2D eigenvalue weighted by atomic mass is 79.9. The molecule has 5 nitrogen and oxygen atoms in total. The topological polar surface area (TPSA) is 72.2 Å². The smallest absolute Gasteiger partial charge is 0.261 e. The van der Waals surface area contributed by atoms with E-state index < -0.39 is 10.0 Å². The molecule has 7 heteroatoms. The largest absolute Gasteiger partial charge is 0.441 e. The Balaban J connectivity index is 1.96. The molecule has 0 radical (unpaired) electrons. The van der Waals surface area contributed by atoms with Gasteiger partial charge in [-0.25, -0.2) is 13.4 Å². The molecule has 0 spiro atoms. The summed E-state index contributed by atoms with van der Waals surface area (Å²) in [6, 6.07) is 11.5. The van der Waals surface area contributed by atoms with E-state index >= 15 is 0 Å². The molecule has 0 amide bonds. The van der Waals surface area contributed by atoms with Crippen molar-refractivity contribution < 1.29 is 12.8 Å². The summed E-state index contributed by atoms with van der Waals surface area (Å²) in [4.78, 5) is 4.36. The van der Waals surface area contributed by atoms with Crippen LogP contribution in [0.25, 0.3) is 11.1 Å². The van der Waals surface area contributed by atoms with E-state index in [1.807, 2.05) is 0 Å². The molecular weight excluding hydrogens is 356 g/mol. The molecule has 0 atom stereocenters. The van der Waals surface area contributed by atoms with Gasteiger partial charge in [-0.1, -0.05) is 22.0 Å². The molecule has 0 aliphatic heterocycles. The van der Waals surface area contributed by atoms with Crippen molar-refractivity contribution in [2.24, 2.45) is 0 Å². The molecule has 0 aliphatic carbocycles. The van der Waals surface area contributed by atoms with Gasteiger partial charge in [0.25, 0.3) is 10.0 Å². The predicted octanol–water partition coefficient (Wildman–Crippen LogP) is 3.70. The van der Waals surface area contributed by atoms with E-state index in [1.165, 1.54) is 6.07 Å². The maximum absolute atomic E-state index is 12.3. The van der Waals surface area contributed by atoms with Crippen molar-refractivity contribution in [1.29, 1.82) is 0 Å². The molecule has 0 unspecified atom stereocenters. The lowest BCUT2D eigenvalue weighted by molar-refractivity contribution is 0.561. The first-order valence-corrected chi connectivity index (χ1v) is 8.37. The number of sulfonamides is 1. The first-order chi connectivity index (χ1) is 9.94. The highest BCUT2D eigenvalue weighted by Gasteiger charge is 2.15. The third-order valence-electron chi connectivity index (χ3n) is 2.85. The third-order valence-corrected chi connectivity index (χ3v) is 4.73. The number of aryl methyl sites for hydroxylation is 1. The molecule has 0 saturated heterocycles. The number of hydrogen-bond acceptors (Lipinski definition) is 4. The monoisotopic (exact) mass is 366 g/mol. The van der Waals surface area contributed by atoms with Gasteiger partial charge in [0.15, 0.2) is 11.5 Å². The van der Waals surface area contributed by atoms with E-state index in [9.17, 15) is 8.42 Å². The number of aromatic nitrogens is 1. The Morgan fingerprint density at radius 3 is 2.76 bits per heavy atom. The fourth-order valence-electron chi connectivity index (χ4n) is 1.95. The van der Waals surface area contributed by atoms with Gasteiger partial charge in [-0.3, -0.25) is 4.72 Å².